The SMILES string of the molecule is CS(=O)(=O)OCCC[Se]Cc1cccc(C[Se]CCCOS(C)(=O)=O)n1. The van der Waals surface area contributed by atoms with Gasteiger partial charge in [0.15, 0.2) is 0 Å². The number of aromatic nitrogens is 1. The Morgan fingerprint density at radius 2 is 1.27 bits per heavy atom. The van der Waals surface area contributed by atoms with Crippen molar-refractivity contribution in [3.63, 3.8) is 0 Å². The molecule has 0 atom stereocenters. The number of rotatable bonds is 14. The van der Waals surface area contributed by atoms with E-state index >= 15 is 0 Å². The second-order valence-corrected chi connectivity index (χ2v) is 13.4. The minimum absolute atomic E-state index is 0.250. The molecule has 0 radical (unpaired) electrons. The van der Waals surface area contributed by atoms with Crippen LogP contribution in [0.1, 0.15) is 24.2 Å². The zero-order chi connectivity index (χ0) is 19.5. The van der Waals surface area contributed by atoms with Crippen molar-refractivity contribution in [2.45, 2.75) is 34.1 Å². The van der Waals surface area contributed by atoms with Crippen LogP contribution in [0.15, 0.2) is 18.2 Å². The summed E-state index contributed by atoms with van der Waals surface area (Å²) in [7, 11) is -6.67. The summed E-state index contributed by atoms with van der Waals surface area (Å²) in [5, 5.41) is 3.77. The Balaban J connectivity index is 2.18. The van der Waals surface area contributed by atoms with Crippen molar-refractivity contribution < 1.29 is 25.2 Å². The van der Waals surface area contributed by atoms with Crippen LogP contribution in [0.2, 0.25) is 10.6 Å². The Bertz CT molecular complexity index is 681. The first-order valence-corrected chi connectivity index (χ1v) is 16.4. The molecule has 0 saturated heterocycles. The predicted molar refractivity (Wildman–Crippen MR) is 104 cm³/mol. The van der Waals surface area contributed by atoms with Crippen molar-refractivity contribution in [3.05, 3.63) is 29.6 Å². The molecule has 1 aromatic heterocycles. The van der Waals surface area contributed by atoms with Crippen LogP contribution in [-0.4, -0.2) is 77.5 Å². The standard InChI is InChI=1S/C15H25NO6S2Se2/c1-23(17,18)21-8-4-10-25-12-14-6-3-7-15(16-14)13-26-11-5-9-22-24(2,19)20/h3,6-7H,4-5,8-13H2,1-2H3. The van der Waals surface area contributed by atoms with Crippen LogP contribution in [0, 0.1) is 0 Å². The molecule has 0 aliphatic heterocycles. The van der Waals surface area contributed by atoms with Crippen LogP contribution in [0.25, 0.3) is 0 Å². The van der Waals surface area contributed by atoms with Gasteiger partial charge in [0.2, 0.25) is 0 Å². The average molecular weight is 537 g/mol. The molecule has 1 aromatic rings. The molecule has 7 nitrogen and oxygen atoms in total. The fourth-order valence-corrected chi connectivity index (χ4v) is 6.14. The summed E-state index contributed by atoms with van der Waals surface area (Å²) in [5.74, 6) is 0. The molecular weight excluding hydrogens is 512 g/mol. The van der Waals surface area contributed by atoms with E-state index in [0.717, 1.165) is 58.0 Å². The van der Waals surface area contributed by atoms with Gasteiger partial charge >= 0.3 is 170 Å². The minimum atomic E-state index is -3.33. The zero-order valence-electron chi connectivity index (χ0n) is 14.9. The summed E-state index contributed by atoms with van der Waals surface area (Å²) >= 11 is 0.751. The van der Waals surface area contributed by atoms with Crippen LogP contribution in [0.4, 0.5) is 0 Å². The van der Waals surface area contributed by atoms with E-state index in [1.807, 2.05) is 18.2 Å². The second kappa shape index (κ2) is 12.5. The Morgan fingerprint density at radius 3 is 1.65 bits per heavy atom. The number of hydrogen-bond acceptors (Lipinski definition) is 7. The van der Waals surface area contributed by atoms with Gasteiger partial charge in [0.25, 0.3) is 0 Å². The van der Waals surface area contributed by atoms with Crippen molar-refractivity contribution >= 4 is 50.1 Å². The molecule has 0 saturated carbocycles. The first-order valence-electron chi connectivity index (χ1n) is 7.95. The fraction of sp³-hybridized carbons (Fsp3) is 0.667. The topological polar surface area (TPSA) is 99.6 Å². The Kier molecular flexibility index (Phi) is 11.5. The van der Waals surface area contributed by atoms with Crippen LogP contribution < -0.4 is 0 Å². The molecule has 150 valence electrons. The van der Waals surface area contributed by atoms with E-state index in [0.29, 0.717) is 29.9 Å². The van der Waals surface area contributed by atoms with E-state index in [2.05, 4.69) is 4.98 Å². The van der Waals surface area contributed by atoms with Crippen LogP contribution in [0.5, 0.6) is 0 Å². The van der Waals surface area contributed by atoms with Crippen molar-refractivity contribution in [3.8, 4) is 0 Å². The molecule has 0 N–H and O–H groups in total. The van der Waals surface area contributed by atoms with E-state index in [4.69, 9.17) is 8.37 Å². The summed E-state index contributed by atoms with van der Waals surface area (Å²) in [6, 6.07) is 6.06. The fourth-order valence-electron chi connectivity index (χ4n) is 1.79. The van der Waals surface area contributed by atoms with Crippen LogP contribution in [-0.2, 0) is 39.2 Å². The van der Waals surface area contributed by atoms with Gasteiger partial charge in [-0.3, -0.25) is 0 Å². The summed E-state index contributed by atoms with van der Waals surface area (Å²) in [5.41, 5.74) is 2.14. The molecule has 0 aromatic carbocycles. The third-order valence-electron chi connectivity index (χ3n) is 2.83. The van der Waals surface area contributed by atoms with Crippen molar-refractivity contribution in [1.82, 2.24) is 4.98 Å². The van der Waals surface area contributed by atoms with Gasteiger partial charge in [-0.15, -0.1) is 0 Å². The van der Waals surface area contributed by atoms with Crippen molar-refractivity contribution in [2.75, 3.05) is 25.7 Å². The van der Waals surface area contributed by atoms with E-state index < -0.39 is 20.2 Å². The first-order chi connectivity index (χ1) is 12.2. The zero-order valence-corrected chi connectivity index (χ0v) is 20.0. The molecule has 1 rings (SSSR count). The molecule has 0 amide bonds. The molecule has 0 fully saturated rings. The number of pyridine rings is 1. The molecule has 0 aliphatic carbocycles. The molecular formula is C15H25NO6S2Se2. The van der Waals surface area contributed by atoms with Gasteiger partial charge in [0.05, 0.1) is 0 Å². The maximum absolute atomic E-state index is 10.9. The van der Waals surface area contributed by atoms with Crippen LogP contribution >= 0.6 is 0 Å². The van der Waals surface area contributed by atoms with Crippen molar-refractivity contribution in [1.29, 1.82) is 0 Å². The summed E-state index contributed by atoms with van der Waals surface area (Å²) < 4.78 is 52.8. The second-order valence-electron chi connectivity index (χ2n) is 5.48. The van der Waals surface area contributed by atoms with Gasteiger partial charge in [-0.25, -0.2) is 0 Å². The molecule has 0 spiro atoms. The van der Waals surface area contributed by atoms with Gasteiger partial charge in [-0.2, -0.15) is 0 Å². The third-order valence-corrected chi connectivity index (χ3v) is 8.54. The van der Waals surface area contributed by atoms with E-state index in [-0.39, 0.29) is 13.2 Å². The quantitative estimate of drug-likeness (QED) is 0.199. The monoisotopic (exact) mass is 539 g/mol. The summed E-state index contributed by atoms with van der Waals surface area (Å²) in [6.07, 6.45) is 3.61. The number of nitrogens with zero attached hydrogens (tertiary/aromatic N) is 1. The Labute approximate surface area is 169 Å². The van der Waals surface area contributed by atoms with E-state index in [1.165, 1.54) is 0 Å². The molecule has 26 heavy (non-hydrogen) atoms. The van der Waals surface area contributed by atoms with E-state index in [1.54, 1.807) is 0 Å². The van der Waals surface area contributed by atoms with Gasteiger partial charge in [-0.1, -0.05) is 0 Å². The first kappa shape index (κ1) is 24.0. The van der Waals surface area contributed by atoms with Gasteiger partial charge < -0.3 is 0 Å². The van der Waals surface area contributed by atoms with Crippen LogP contribution in [0.3, 0.4) is 0 Å². The molecule has 1 heterocycles. The molecule has 0 aliphatic rings. The maximum atomic E-state index is 10.9. The van der Waals surface area contributed by atoms with Gasteiger partial charge in [-0.05, 0) is 0 Å². The number of hydrogen-bond donors (Lipinski definition) is 0. The Morgan fingerprint density at radius 1 is 0.846 bits per heavy atom. The van der Waals surface area contributed by atoms with Gasteiger partial charge in [0.1, 0.15) is 0 Å². The van der Waals surface area contributed by atoms with Gasteiger partial charge in [0, 0.05) is 0 Å². The summed E-state index contributed by atoms with van der Waals surface area (Å²) in [4.78, 5) is 4.66. The third kappa shape index (κ3) is 14.1. The van der Waals surface area contributed by atoms with E-state index in [9.17, 15) is 16.8 Å². The average Bonchev–Trinajstić information content (AvgIpc) is 2.52. The normalized spacial score (nSPS) is 12.4. The molecule has 11 heteroatoms. The predicted octanol–water partition coefficient (Wildman–Crippen LogP) is 1.06. The Hall–Kier alpha value is 0.00896. The summed E-state index contributed by atoms with van der Waals surface area (Å²) in [6.45, 7) is 0.499. The molecule has 0 unspecified atom stereocenters. The molecule has 0 bridgehead atoms. The van der Waals surface area contributed by atoms with Crippen molar-refractivity contribution in [2.24, 2.45) is 0 Å².